The average Bonchev–Trinajstić information content (AvgIpc) is 3.08. The van der Waals surface area contributed by atoms with Crippen LogP contribution in [-0.2, 0) is 0 Å². The van der Waals surface area contributed by atoms with Gasteiger partial charge in [0.1, 0.15) is 5.52 Å². The van der Waals surface area contributed by atoms with E-state index < -0.39 is 0 Å². The van der Waals surface area contributed by atoms with Gasteiger partial charge in [0, 0.05) is 18.5 Å². The van der Waals surface area contributed by atoms with Crippen LogP contribution in [0.1, 0.15) is 0 Å². The molecule has 0 aliphatic rings. The quantitative estimate of drug-likeness (QED) is 0.473. The minimum Gasteiger partial charge on any atom is -0.463 e. The second kappa shape index (κ2) is 4.98. The maximum atomic E-state index is 5.06. The highest BCUT2D eigenvalue weighted by Crippen LogP contribution is 2.16. The van der Waals surface area contributed by atoms with Crippen LogP contribution < -0.4 is 0 Å². The zero-order valence-electron chi connectivity index (χ0n) is 9.48. The smallest absolute Gasteiger partial charge is 0.152 e. The number of rotatable bonds is 0. The maximum absolute atomic E-state index is 5.06. The Morgan fingerprint density at radius 3 is 2.56 bits per heavy atom. The standard InChI is InChI=1S/C7H5NO.C7H5NS/c2*1-2-7-6(8-4-1)3-5-9-7/h2*1-5H. The Labute approximate surface area is 108 Å². The summed E-state index contributed by atoms with van der Waals surface area (Å²) in [5, 5.41) is 2.05. The third kappa shape index (κ3) is 2.24. The second-order valence-corrected chi connectivity index (χ2v) is 4.56. The van der Waals surface area contributed by atoms with Crippen molar-refractivity contribution in [3.05, 3.63) is 60.4 Å². The van der Waals surface area contributed by atoms with Gasteiger partial charge in [-0.1, -0.05) is 0 Å². The van der Waals surface area contributed by atoms with Gasteiger partial charge < -0.3 is 4.42 Å². The van der Waals surface area contributed by atoms with E-state index in [0.29, 0.717) is 0 Å². The fourth-order valence-electron chi connectivity index (χ4n) is 1.60. The number of hydrogen-bond acceptors (Lipinski definition) is 4. The molecule has 0 saturated heterocycles. The third-order valence-electron chi connectivity index (χ3n) is 2.44. The van der Waals surface area contributed by atoms with Crippen molar-refractivity contribution in [2.75, 3.05) is 0 Å². The Morgan fingerprint density at radius 1 is 0.889 bits per heavy atom. The van der Waals surface area contributed by atoms with Crippen LogP contribution in [-0.4, -0.2) is 9.97 Å². The van der Waals surface area contributed by atoms with E-state index in [1.165, 1.54) is 4.70 Å². The lowest BCUT2D eigenvalue weighted by Gasteiger charge is -1.81. The minimum absolute atomic E-state index is 0.845. The second-order valence-electron chi connectivity index (χ2n) is 3.61. The summed E-state index contributed by atoms with van der Waals surface area (Å²) in [7, 11) is 0. The van der Waals surface area contributed by atoms with Crippen molar-refractivity contribution in [1.29, 1.82) is 0 Å². The molecule has 4 aromatic heterocycles. The van der Waals surface area contributed by atoms with E-state index in [2.05, 4.69) is 21.4 Å². The Kier molecular flexibility index (Phi) is 3.02. The molecule has 0 saturated carbocycles. The van der Waals surface area contributed by atoms with Gasteiger partial charge in [0.25, 0.3) is 0 Å². The summed E-state index contributed by atoms with van der Waals surface area (Å²) in [6, 6.07) is 11.6. The molecular formula is C14H10N2OS. The molecular weight excluding hydrogens is 244 g/mol. The zero-order chi connectivity index (χ0) is 12.2. The van der Waals surface area contributed by atoms with E-state index in [9.17, 15) is 0 Å². The molecule has 0 aromatic carbocycles. The summed E-state index contributed by atoms with van der Waals surface area (Å²) in [4.78, 5) is 8.20. The lowest BCUT2D eigenvalue weighted by atomic mass is 10.4. The van der Waals surface area contributed by atoms with Crippen molar-refractivity contribution in [2.45, 2.75) is 0 Å². The van der Waals surface area contributed by atoms with Crippen LogP contribution in [0, 0.1) is 0 Å². The Bertz CT molecular complexity index is 634. The number of aromatic nitrogens is 2. The predicted octanol–water partition coefficient (Wildman–Crippen LogP) is 4.12. The van der Waals surface area contributed by atoms with Crippen molar-refractivity contribution in [3.8, 4) is 0 Å². The molecule has 3 nitrogen and oxygen atoms in total. The van der Waals surface area contributed by atoms with Gasteiger partial charge in [-0.25, -0.2) is 0 Å². The van der Waals surface area contributed by atoms with Crippen molar-refractivity contribution >= 4 is 32.7 Å². The molecule has 0 aliphatic heterocycles. The summed E-state index contributed by atoms with van der Waals surface area (Å²) in [6.07, 6.45) is 5.20. The lowest BCUT2D eigenvalue weighted by Crippen LogP contribution is -1.66. The lowest BCUT2D eigenvalue weighted by molar-refractivity contribution is 0.615. The summed E-state index contributed by atoms with van der Waals surface area (Å²) < 4.78 is 6.32. The highest BCUT2D eigenvalue weighted by molar-refractivity contribution is 7.17. The molecule has 0 amide bonds. The molecule has 4 rings (SSSR count). The van der Waals surface area contributed by atoms with Gasteiger partial charge in [0.05, 0.1) is 16.5 Å². The van der Waals surface area contributed by atoms with Gasteiger partial charge in [-0.2, -0.15) is 0 Å². The van der Waals surface area contributed by atoms with E-state index in [1.54, 1.807) is 23.8 Å². The number of thiophene rings is 1. The summed E-state index contributed by atoms with van der Waals surface area (Å²) in [5.74, 6) is 0. The number of nitrogens with zero attached hydrogens (tertiary/aromatic N) is 2. The summed E-state index contributed by atoms with van der Waals surface area (Å²) in [5.41, 5.74) is 2.86. The number of pyridine rings is 2. The molecule has 0 unspecified atom stereocenters. The van der Waals surface area contributed by atoms with Crippen molar-refractivity contribution in [1.82, 2.24) is 9.97 Å². The molecule has 0 bridgehead atoms. The number of fused-ring (bicyclic) bond motifs is 2. The van der Waals surface area contributed by atoms with Gasteiger partial charge in [0.15, 0.2) is 5.58 Å². The van der Waals surface area contributed by atoms with E-state index in [4.69, 9.17) is 4.42 Å². The van der Waals surface area contributed by atoms with Crippen LogP contribution in [0.4, 0.5) is 0 Å². The number of hydrogen-bond donors (Lipinski definition) is 0. The van der Waals surface area contributed by atoms with Gasteiger partial charge in [-0.15, -0.1) is 11.3 Å². The summed E-state index contributed by atoms with van der Waals surface area (Å²) in [6.45, 7) is 0. The van der Waals surface area contributed by atoms with E-state index in [1.807, 2.05) is 36.5 Å². The van der Waals surface area contributed by atoms with Gasteiger partial charge in [-0.3, -0.25) is 9.97 Å². The molecule has 4 heteroatoms. The molecule has 0 radical (unpaired) electrons. The minimum atomic E-state index is 0.845. The molecule has 4 heterocycles. The van der Waals surface area contributed by atoms with Crippen molar-refractivity contribution in [2.24, 2.45) is 0 Å². The topological polar surface area (TPSA) is 38.9 Å². The zero-order valence-corrected chi connectivity index (χ0v) is 10.3. The first-order chi connectivity index (χ1) is 8.93. The molecule has 0 aliphatic carbocycles. The normalized spacial score (nSPS) is 10.2. The third-order valence-corrected chi connectivity index (χ3v) is 3.31. The Morgan fingerprint density at radius 2 is 1.72 bits per heavy atom. The Hall–Kier alpha value is -2.20. The molecule has 0 spiro atoms. The van der Waals surface area contributed by atoms with Crippen LogP contribution in [0.3, 0.4) is 0 Å². The Balaban J connectivity index is 0.000000111. The first kappa shape index (κ1) is 10.9. The van der Waals surface area contributed by atoms with Crippen LogP contribution in [0.2, 0.25) is 0 Å². The largest absolute Gasteiger partial charge is 0.463 e. The fraction of sp³-hybridized carbons (Fsp3) is 0. The molecule has 88 valence electrons. The van der Waals surface area contributed by atoms with Crippen LogP contribution in [0.15, 0.2) is 64.9 Å². The first-order valence-electron chi connectivity index (χ1n) is 5.50. The van der Waals surface area contributed by atoms with E-state index in [-0.39, 0.29) is 0 Å². The van der Waals surface area contributed by atoms with Crippen molar-refractivity contribution in [3.63, 3.8) is 0 Å². The van der Waals surface area contributed by atoms with E-state index in [0.717, 1.165) is 16.6 Å². The summed E-state index contributed by atoms with van der Waals surface area (Å²) >= 11 is 1.72. The monoisotopic (exact) mass is 254 g/mol. The van der Waals surface area contributed by atoms with Gasteiger partial charge >= 0.3 is 0 Å². The molecule has 18 heavy (non-hydrogen) atoms. The van der Waals surface area contributed by atoms with Crippen LogP contribution in [0.5, 0.6) is 0 Å². The highest BCUT2D eigenvalue weighted by atomic mass is 32.1. The van der Waals surface area contributed by atoms with Crippen LogP contribution >= 0.6 is 11.3 Å². The maximum Gasteiger partial charge on any atom is 0.152 e. The average molecular weight is 254 g/mol. The number of furan rings is 1. The SMILES string of the molecule is c1cnc2ccoc2c1.c1cnc2ccsc2c1. The van der Waals surface area contributed by atoms with Crippen LogP contribution in [0.25, 0.3) is 21.3 Å². The van der Waals surface area contributed by atoms with Gasteiger partial charge in [-0.05, 0) is 35.7 Å². The fourth-order valence-corrected chi connectivity index (χ4v) is 2.34. The molecule has 0 atom stereocenters. The predicted molar refractivity (Wildman–Crippen MR) is 73.6 cm³/mol. The molecule has 0 fully saturated rings. The van der Waals surface area contributed by atoms with Crippen molar-refractivity contribution < 1.29 is 4.42 Å². The van der Waals surface area contributed by atoms with E-state index >= 15 is 0 Å². The van der Waals surface area contributed by atoms with Gasteiger partial charge in [0.2, 0.25) is 0 Å². The molecule has 0 N–H and O–H groups in total. The highest BCUT2D eigenvalue weighted by Gasteiger charge is 1.91. The molecule has 4 aromatic rings. The first-order valence-corrected chi connectivity index (χ1v) is 6.38.